The zero-order valence-electron chi connectivity index (χ0n) is 12.1. The van der Waals surface area contributed by atoms with Gasteiger partial charge in [-0.25, -0.2) is 4.39 Å². The van der Waals surface area contributed by atoms with Crippen molar-refractivity contribution in [1.82, 2.24) is 4.57 Å². The zero-order valence-corrected chi connectivity index (χ0v) is 14.5. The minimum Gasteiger partial charge on any atom is -0.772 e. The van der Waals surface area contributed by atoms with Crippen LogP contribution in [0.4, 0.5) is 4.39 Å². The van der Waals surface area contributed by atoms with E-state index in [0.717, 1.165) is 6.07 Å². The maximum Gasteiger partial charge on any atom is 0.252 e. The molecule has 1 amide bonds. The van der Waals surface area contributed by atoms with Gasteiger partial charge in [-0.2, -0.15) is 0 Å². The van der Waals surface area contributed by atoms with E-state index < -0.39 is 28.6 Å². The van der Waals surface area contributed by atoms with Crippen LogP contribution in [0.2, 0.25) is 5.02 Å². The Bertz CT molecular complexity index is 858. The lowest BCUT2D eigenvalue weighted by Gasteiger charge is -2.12. The maximum atomic E-state index is 13.6. The lowest BCUT2D eigenvalue weighted by atomic mass is 10.1. The van der Waals surface area contributed by atoms with Gasteiger partial charge in [-0.3, -0.25) is 14.4 Å². The van der Waals surface area contributed by atoms with E-state index in [0.29, 0.717) is 5.56 Å². The minimum atomic E-state index is -2.42. The van der Waals surface area contributed by atoms with Crippen molar-refractivity contribution in [2.24, 2.45) is 5.73 Å². The number of pyridine rings is 1. The summed E-state index contributed by atoms with van der Waals surface area (Å²) < 4.78 is 36.4. The van der Waals surface area contributed by atoms with Gasteiger partial charge in [0.2, 0.25) is 0 Å². The quantitative estimate of drug-likeness (QED) is 0.754. The molecule has 24 heavy (non-hydrogen) atoms. The fraction of sp³-hybridized carbons (Fsp3) is 0.143. The molecule has 1 heterocycles. The molecule has 0 aliphatic carbocycles. The molecule has 2 aromatic rings. The molecule has 10 heteroatoms. The number of nitrogens with two attached hydrogens (primary N) is 1. The van der Waals surface area contributed by atoms with Crippen LogP contribution in [0.25, 0.3) is 0 Å². The van der Waals surface area contributed by atoms with Gasteiger partial charge in [-0.15, -0.1) is 12.4 Å². The highest BCUT2D eigenvalue weighted by Crippen LogP contribution is 2.14. The second kappa shape index (κ2) is 8.39. The van der Waals surface area contributed by atoms with Gasteiger partial charge in [0.05, 0.1) is 10.6 Å². The fourth-order valence-corrected chi connectivity index (χ4v) is 2.79. The lowest BCUT2D eigenvalue weighted by Crippen LogP contribution is -2.29. The number of aromatic nitrogens is 1. The topological polar surface area (TPSA) is 112 Å². The zero-order chi connectivity index (χ0) is 17.1. The van der Waals surface area contributed by atoms with Crippen molar-refractivity contribution in [3.8, 4) is 0 Å². The van der Waals surface area contributed by atoms with Gasteiger partial charge < -0.3 is 14.9 Å². The first-order valence-corrected chi connectivity index (χ1v) is 7.97. The molecule has 0 radical (unpaired) electrons. The van der Waals surface area contributed by atoms with Crippen molar-refractivity contribution in [3.63, 3.8) is 0 Å². The van der Waals surface area contributed by atoms with E-state index in [1.807, 2.05) is 0 Å². The van der Waals surface area contributed by atoms with E-state index in [1.54, 1.807) is 0 Å². The van der Waals surface area contributed by atoms with E-state index >= 15 is 0 Å². The first-order chi connectivity index (χ1) is 10.8. The van der Waals surface area contributed by atoms with Gasteiger partial charge >= 0.3 is 0 Å². The van der Waals surface area contributed by atoms with Crippen LogP contribution in [0.15, 0.2) is 30.5 Å². The van der Waals surface area contributed by atoms with Crippen LogP contribution in [-0.4, -0.2) is 19.2 Å². The minimum absolute atomic E-state index is 0. The molecule has 3 N–H and O–H groups in total. The Balaban J connectivity index is 0.00000288. The van der Waals surface area contributed by atoms with E-state index in [4.69, 9.17) is 22.7 Å². The second-order valence-electron chi connectivity index (χ2n) is 4.79. The normalized spacial score (nSPS) is 11.6. The number of nitrogens with one attached hydrogen (secondary N) is 1. The molecule has 0 bridgehead atoms. The Kier molecular flexibility index (Phi) is 7.09. The third-order valence-electron chi connectivity index (χ3n) is 3.11. The molecule has 130 valence electrons. The van der Waals surface area contributed by atoms with Crippen LogP contribution >= 0.6 is 24.0 Å². The molecule has 0 spiro atoms. The molecule has 0 saturated carbocycles. The molecule has 0 saturated heterocycles. The first kappa shape index (κ1) is 20.3. The molecule has 6 nitrogen and oxygen atoms in total. The largest absolute Gasteiger partial charge is 0.772 e. The van der Waals surface area contributed by atoms with Crippen LogP contribution in [0.3, 0.4) is 0 Å². The van der Waals surface area contributed by atoms with Gasteiger partial charge in [-0.1, -0.05) is 34.8 Å². The SMILES string of the molecule is Cl.N=c1c(C(N)=O)cc(Cl)cn1Cc1ccc(F)c(CS(=O)[O-])c1. The van der Waals surface area contributed by atoms with Crippen molar-refractivity contribution in [2.45, 2.75) is 12.3 Å². The fourth-order valence-electron chi connectivity index (χ4n) is 2.08. The van der Waals surface area contributed by atoms with Crippen molar-refractivity contribution in [3.05, 3.63) is 63.5 Å². The average molecular weight is 393 g/mol. The van der Waals surface area contributed by atoms with Crippen LogP contribution < -0.4 is 11.2 Å². The predicted octanol–water partition coefficient (Wildman–Crippen LogP) is 1.71. The van der Waals surface area contributed by atoms with Gasteiger partial charge in [0, 0.05) is 18.5 Å². The predicted molar refractivity (Wildman–Crippen MR) is 89.2 cm³/mol. The third-order valence-corrected chi connectivity index (χ3v) is 3.86. The number of hydrogen-bond donors (Lipinski definition) is 2. The molecule has 1 atom stereocenters. The van der Waals surface area contributed by atoms with E-state index in [9.17, 15) is 17.9 Å². The van der Waals surface area contributed by atoms with Crippen LogP contribution in [-0.2, 0) is 23.4 Å². The Morgan fingerprint density at radius 3 is 2.67 bits per heavy atom. The number of carbonyl (C=O) groups excluding carboxylic acids is 1. The number of nitrogens with zero attached hydrogens (tertiary/aromatic N) is 1. The Morgan fingerprint density at radius 2 is 2.08 bits per heavy atom. The third kappa shape index (κ3) is 4.88. The van der Waals surface area contributed by atoms with Crippen LogP contribution in [0.5, 0.6) is 0 Å². The highest BCUT2D eigenvalue weighted by molar-refractivity contribution is 7.78. The van der Waals surface area contributed by atoms with Crippen LogP contribution in [0.1, 0.15) is 21.5 Å². The summed E-state index contributed by atoms with van der Waals surface area (Å²) in [6.07, 6.45) is 1.44. The standard InChI is InChI=1S/C14H13ClFN3O3S.ClH/c15-10-4-11(14(18)20)13(17)19(6-10)5-8-1-2-12(16)9(3-8)7-23(21)22;/h1-4,6,17H,5,7H2,(H2,18,20)(H,21,22);1H/p-1. The van der Waals surface area contributed by atoms with Crippen molar-refractivity contribution >= 4 is 41.0 Å². The number of amides is 1. The van der Waals surface area contributed by atoms with Crippen molar-refractivity contribution in [1.29, 1.82) is 5.41 Å². The summed E-state index contributed by atoms with van der Waals surface area (Å²) >= 11 is 3.49. The molecule has 1 unspecified atom stereocenters. The first-order valence-electron chi connectivity index (χ1n) is 6.35. The smallest absolute Gasteiger partial charge is 0.252 e. The van der Waals surface area contributed by atoms with Crippen molar-refractivity contribution in [2.75, 3.05) is 0 Å². The number of carbonyl (C=O) groups is 1. The van der Waals surface area contributed by atoms with Crippen molar-refractivity contribution < 1.29 is 17.9 Å². The van der Waals surface area contributed by atoms with Gasteiger partial charge in [0.1, 0.15) is 11.3 Å². The molecular weight excluding hydrogens is 380 g/mol. The summed E-state index contributed by atoms with van der Waals surface area (Å²) in [5.41, 5.74) is 5.60. The number of rotatable bonds is 5. The Morgan fingerprint density at radius 1 is 1.42 bits per heavy atom. The summed E-state index contributed by atoms with van der Waals surface area (Å²) in [6.45, 7) is 0.110. The molecule has 1 aromatic heterocycles. The second-order valence-corrected chi connectivity index (χ2v) is 6.12. The van der Waals surface area contributed by atoms with E-state index in [2.05, 4.69) is 0 Å². The Hall–Kier alpha value is -1.74. The molecule has 2 rings (SSSR count). The summed E-state index contributed by atoms with van der Waals surface area (Å²) in [6, 6.07) is 5.30. The number of halogens is 3. The molecule has 0 aliphatic heterocycles. The lowest BCUT2D eigenvalue weighted by molar-refractivity contribution is 0.0997. The summed E-state index contributed by atoms with van der Waals surface area (Å²) in [5.74, 6) is -1.86. The summed E-state index contributed by atoms with van der Waals surface area (Å²) in [7, 11) is 0. The average Bonchev–Trinajstić information content (AvgIpc) is 2.45. The van der Waals surface area contributed by atoms with Gasteiger partial charge in [-0.05, 0) is 23.3 Å². The summed E-state index contributed by atoms with van der Waals surface area (Å²) in [4.78, 5) is 11.3. The molecular formula is C14H13Cl2FN3O3S-. The molecule has 1 aromatic carbocycles. The highest BCUT2D eigenvalue weighted by Gasteiger charge is 2.10. The number of primary amides is 1. The number of benzene rings is 1. The monoisotopic (exact) mass is 392 g/mol. The maximum absolute atomic E-state index is 13.6. The van der Waals surface area contributed by atoms with Gasteiger partial charge in [0.25, 0.3) is 5.91 Å². The van der Waals surface area contributed by atoms with E-state index in [1.165, 1.54) is 29.0 Å². The highest BCUT2D eigenvalue weighted by atomic mass is 35.5. The molecule has 0 fully saturated rings. The van der Waals surface area contributed by atoms with E-state index in [-0.39, 0.29) is 40.6 Å². The van der Waals surface area contributed by atoms with Gasteiger partial charge in [0.15, 0.2) is 0 Å². The Labute approximate surface area is 150 Å². The molecule has 0 aliphatic rings. The van der Waals surface area contributed by atoms with Crippen LogP contribution in [0, 0.1) is 11.2 Å². The summed E-state index contributed by atoms with van der Waals surface area (Å²) in [5, 5.41) is 8.18. The number of hydrogen-bond acceptors (Lipinski definition) is 4.